The predicted octanol–water partition coefficient (Wildman–Crippen LogP) is 2.28. The smallest absolute Gasteiger partial charge is 0.324 e. The maximum absolute atomic E-state index is 13.0. The fourth-order valence-corrected chi connectivity index (χ4v) is 5.78. The lowest BCUT2D eigenvalue weighted by Crippen LogP contribution is -2.51. The van der Waals surface area contributed by atoms with Crippen LogP contribution in [0.2, 0.25) is 0 Å². The first-order valence-electron chi connectivity index (χ1n) is 12.7. The lowest BCUT2D eigenvalue weighted by Gasteiger charge is -2.45. The van der Waals surface area contributed by atoms with Crippen molar-refractivity contribution in [3.05, 3.63) is 23.8 Å². The van der Waals surface area contributed by atoms with Crippen LogP contribution in [0.4, 0.5) is 4.79 Å². The Labute approximate surface area is 207 Å². The summed E-state index contributed by atoms with van der Waals surface area (Å²) in [5.74, 6) is 1.26. The molecule has 0 aliphatic carbocycles. The van der Waals surface area contributed by atoms with Crippen molar-refractivity contribution in [3.63, 3.8) is 0 Å². The third kappa shape index (κ3) is 5.72. The molecule has 1 aromatic carbocycles. The molecule has 35 heavy (non-hydrogen) atoms. The van der Waals surface area contributed by atoms with Crippen molar-refractivity contribution in [1.29, 1.82) is 0 Å². The van der Waals surface area contributed by atoms with E-state index in [1.54, 1.807) is 25.2 Å². The van der Waals surface area contributed by atoms with Gasteiger partial charge < -0.3 is 24.6 Å². The van der Waals surface area contributed by atoms with Crippen molar-refractivity contribution >= 4 is 17.8 Å². The van der Waals surface area contributed by atoms with Gasteiger partial charge in [-0.25, -0.2) is 4.79 Å². The fourth-order valence-electron chi connectivity index (χ4n) is 5.78. The monoisotopic (exact) mass is 486 g/mol. The second-order valence-electron chi connectivity index (χ2n) is 9.91. The molecule has 9 nitrogen and oxygen atoms in total. The second-order valence-corrected chi connectivity index (χ2v) is 9.91. The summed E-state index contributed by atoms with van der Waals surface area (Å²) < 4.78 is 10.6. The first kappa shape index (κ1) is 25.3. The molecule has 1 N–H and O–H groups in total. The van der Waals surface area contributed by atoms with Gasteiger partial charge in [-0.3, -0.25) is 14.5 Å². The van der Waals surface area contributed by atoms with Gasteiger partial charge in [0.1, 0.15) is 6.04 Å². The summed E-state index contributed by atoms with van der Waals surface area (Å²) in [6.45, 7) is 3.28. The number of nitrogens with one attached hydrogen (secondary N) is 1. The highest BCUT2D eigenvalue weighted by Crippen LogP contribution is 2.31. The molecule has 3 atom stereocenters. The Hall–Kier alpha value is -2.81. The molecule has 0 saturated carbocycles. The van der Waals surface area contributed by atoms with Gasteiger partial charge in [0.2, 0.25) is 5.91 Å². The van der Waals surface area contributed by atoms with Crippen LogP contribution in [-0.4, -0.2) is 92.1 Å². The number of piperidine rings is 2. The molecule has 4 amide bonds. The quantitative estimate of drug-likeness (QED) is 0.539. The van der Waals surface area contributed by atoms with Gasteiger partial charge >= 0.3 is 6.03 Å². The van der Waals surface area contributed by atoms with Gasteiger partial charge in [0.05, 0.1) is 20.6 Å². The van der Waals surface area contributed by atoms with Crippen LogP contribution in [0.25, 0.3) is 0 Å². The van der Waals surface area contributed by atoms with Crippen molar-refractivity contribution < 1.29 is 23.9 Å². The molecule has 0 spiro atoms. The SMILES string of the molecule is COc1ccc(CCN2C(=O)N[C@@H](CC(=O)N(C)C[C@@H]3CCCN4CCCC[C@H]34)C2=O)cc1OC. The standard InChI is InChI=1S/C26H38N4O5/c1-28(17-19-7-6-13-29-12-5-4-8-21(19)29)24(31)16-20-25(32)30(26(33)27-20)14-11-18-9-10-22(34-2)23(15-18)35-3/h9-10,15,19-21H,4-8,11-14,16-17H2,1-3H3,(H,27,33)/t19-,20-,21+/m0/s1. The van der Waals surface area contributed by atoms with Crippen molar-refractivity contribution in [2.75, 3.05) is 47.4 Å². The molecule has 3 fully saturated rings. The maximum Gasteiger partial charge on any atom is 0.324 e. The number of methoxy groups -OCH3 is 2. The Balaban J connectivity index is 1.29. The third-order valence-corrected chi connectivity index (χ3v) is 7.72. The van der Waals surface area contributed by atoms with Crippen LogP contribution in [0.15, 0.2) is 18.2 Å². The van der Waals surface area contributed by atoms with E-state index in [0.717, 1.165) is 12.0 Å². The summed E-state index contributed by atoms with van der Waals surface area (Å²) in [6, 6.07) is 4.84. The van der Waals surface area contributed by atoms with Crippen LogP contribution in [0, 0.1) is 5.92 Å². The van der Waals surface area contributed by atoms with Crippen molar-refractivity contribution in [1.82, 2.24) is 20.0 Å². The molecule has 9 heteroatoms. The normalized spacial score (nSPS) is 24.7. The number of nitrogens with zero attached hydrogens (tertiary/aromatic N) is 3. The van der Waals surface area contributed by atoms with Crippen LogP contribution in [0.3, 0.4) is 0 Å². The predicted molar refractivity (Wildman–Crippen MR) is 131 cm³/mol. The Morgan fingerprint density at radius 3 is 2.63 bits per heavy atom. The summed E-state index contributed by atoms with van der Waals surface area (Å²) >= 11 is 0. The van der Waals surface area contributed by atoms with E-state index in [1.807, 2.05) is 19.2 Å². The van der Waals surface area contributed by atoms with E-state index in [9.17, 15) is 14.4 Å². The summed E-state index contributed by atoms with van der Waals surface area (Å²) in [7, 11) is 4.96. The zero-order valence-corrected chi connectivity index (χ0v) is 21.1. The Bertz CT molecular complexity index is 936. The van der Waals surface area contributed by atoms with Gasteiger partial charge in [0, 0.05) is 26.2 Å². The molecule has 3 heterocycles. The lowest BCUT2D eigenvalue weighted by molar-refractivity contribution is -0.135. The van der Waals surface area contributed by atoms with E-state index in [0.29, 0.717) is 36.4 Å². The average molecular weight is 487 g/mol. The number of amides is 4. The Kier molecular flexibility index (Phi) is 8.15. The van der Waals surface area contributed by atoms with Gasteiger partial charge in [0.15, 0.2) is 11.5 Å². The number of hydrogen-bond acceptors (Lipinski definition) is 6. The number of rotatable bonds is 9. The highest BCUT2D eigenvalue weighted by Gasteiger charge is 2.40. The maximum atomic E-state index is 13.0. The number of carbonyl (C=O) groups excluding carboxylic acids is 3. The number of ether oxygens (including phenoxy) is 2. The molecular formula is C26H38N4O5. The zero-order chi connectivity index (χ0) is 24.9. The molecule has 0 aromatic heterocycles. The van der Waals surface area contributed by atoms with Crippen molar-refractivity contribution in [2.24, 2.45) is 5.92 Å². The topological polar surface area (TPSA) is 91.4 Å². The molecule has 3 saturated heterocycles. The van der Waals surface area contributed by atoms with Crippen molar-refractivity contribution in [3.8, 4) is 11.5 Å². The molecule has 3 aliphatic rings. The summed E-state index contributed by atoms with van der Waals surface area (Å²) in [4.78, 5) is 43.9. The van der Waals surface area contributed by atoms with Gasteiger partial charge in [-0.2, -0.15) is 0 Å². The number of imide groups is 1. The number of benzene rings is 1. The fraction of sp³-hybridized carbons (Fsp3) is 0.654. The number of carbonyl (C=O) groups is 3. The molecule has 192 valence electrons. The number of urea groups is 1. The Morgan fingerprint density at radius 1 is 1.09 bits per heavy atom. The molecule has 1 aromatic rings. The van der Waals surface area contributed by atoms with Gasteiger partial charge in [-0.15, -0.1) is 0 Å². The number of hydrogen-bond donors (Lipinski definition) is 1. The van der Waals surface area contributed by atoms with Gasteiger partial charge in [-0.1, -0.05) is 12.5 Å². The van der Waals surface area contributed by atoms with Crippen molar-refractivity contribution in [2.45, 2.75) is 57.0 Å². The minimum atomic E-state index is -0.805. The first-order valence-corrected chi connectivity index (χ1v) is 12.7. The average Bonchev–Trinajstić information content (AvgIpc) is 3.14. The highest BCUT2D eigenvalue weighted by atomic mass is 16.5. The zero-order valence-electron chi connectivity index (χ0n) is 21.1. The van der Waals surface area contributed by atoms with Gasteiger partial charge in [-0.05, 0) is 68.8 Å². The van der Waals surface area contributed by atoms with Crippen LogP contribution in [-0.2, 0) is 16.0 Å². The molecule has 0 bridgehead atoms. The summed E-state index contributed by atoms with van der Waals surface area (Å²) in [5, 5.41) is 2.70. The van der Waals surface area contributed by atoms with E-state index in [2.05, 4.69) is 10.2 Å². The third-order valence-electron chi connectivity index (χ3n) is 7.72. The van der Waals surface area contributed by atoms with E-state index >= 15 is 0 Å². The minimum absolute atomic E-state index is 0.00493. The van der Waals surface area contributed by atoms with Crippen LogP contribution < -0.4 is 14.8 Å². The number of fused-ring (bicyclic) bond motifs is 1. The summed E-state index contributed by atoms with van der Waals surface area (Å²) in [6.07, 6.45) is 6.53. The lowest BCUT2D eigenvalue weighted by atomic mass is 9.83. The Morgan fingerprint density at radius 2 is 1.86 bits per heavy atom. The van der Waals surface area contributed by atoms with E-state index in [-0.39, 0.29) is 24.8 Å². The van der Waals surface area contributed by atoms with Crippen LogP contribution in [0.5, 0.6) is 11.5 Å². The highest BCUT2D eigenvalue weighted by molar-refractivity contribution is 6.05. The molecule has 4 rings (SSSR count). The molecule has 3 aliphatic heterocycles. The molecular weight excluding hydrogens is 448 g/mol. The summed E-state index contributed by atoms with van der Waals surface area (Å²) in [5.41, 5.74) is 0.923. The molecule has 0 radical (unpaired) electrons. The second kappa shape index (κ2) is 11.3. The van der Waals surface area contributed by atoms with Gasteiger partial charge in [0.25, 0.3) is 5.91 Å². The van der Waals surface area contributed by atoms with E-state index in [1.165, 1.54) is 43.7 Å². The van der Waals surface area contributed by atoms with E-state index in [4.69, 9.17) is 9.47 Å². The first-order chi connectivity index (χ1) is 16.9. The largest absolute Gasteiger partial charge is 0.493 e. The minimum Gasteiger partial charge on any atom is -0.493 e. The molecule has 0 unspecified atom stereocenters. The van der Waals surface area contributed by atoms with E-state index < -0.39 is 12.1 Å². The van der Waals surface area contributed by atoms with Crippen LogP contribution >= 0.6 is 0 Å². The van der Waals surface area contributed by atoms with Crippen LogP contribution in [0.1, 0.15) is 44.1 Å².